The standard InChI is InChI=1S/C13H19BrN2/c14-11-6-4-10(5-7-11)8-9-16-13-3-1-2-12(13)15/h4-7,12-13,16H,1-3,8-9,15H2. The van der Waals surface area contributed by atoms with Gasteiger partial charge in [-0.2, -0.15) is 0 Å². The highest BCUT2D eigenvalue weighted by Crippen LogP contribution is 2.17. The summed E-state index contributed by atoms with van der Waals surface area (Å²) in [5.41, 5.74) is 7.39. The van der Waals surface area contributed by atoms with Crippen LogP contribution in [0.5, 0.6) is 0 Å². The van der Waals surface area contributed by atoms with Gasteiger partial charge in [0.05, 0.1) is 0 Å². The fraction of sp³-hybridized carbons (Fsp3) is 0.538. The van der Waals surface area contributed by atoms with Crippen LogP contribution < -0.4 is 11.1 Å². The van der Waals surface area contributed by atoms with E-state index in [4.69, 9.17) is 5.73 Å². The van der Waals surface area contributed by atoms with E-state index in [1.54, 1.807) is 0 Å². The Kier molecular flexibility index (Phi) is 4.38. The van der Waals surface area contributed by atoms with Crippen molar-refractivity contribution in [1.82, 2.24) is 5.32 Å². The fourth-order valence-electron chi connectivity index (χ4n) is 2.30. The molecule has 0 aliphatic heterocycles. The topological polar surface area (TPSA) is 38.0 Å². The summed E-state index contributed by atoms with van der Waals surface area (Å²) in [6, 6.07) is 9.42. The van der Waals surface area contributed by atoms with Crippen molar-refractivity contribution in [1.29, 1.82) is 0 Å². The normalized spacial score (nSPS) is 24.9. The highest BCUT2D eigenvalue weighted by Gasteiger charge is 2.22. The van der Waals surface area contributed by atoms with E-state index in [0.29, 0.717) is 12.1 Å². The number of halogens is 1. The van der Waals surface area contributed by atoms with Gasteiger partial charge in [-0.3, -0.25) is 0 Å². The Labute approximate surface area is 106 Å². The highest BCUT2D eigenvalue weighted by atomic mass is 79.9. The molecule has 0 aromatic heterocycles. The Morgan fingerprint density at radius 3 is 2.62 bits per heavy atom. The van der Waals surface area contributed by atoms with Crippen LogP contribution in [0, 0.1) is 0 Å². The minimum absolute atomic E-state index is 0.366. The molecule has 1 aromatic rings. The first kappa shape index (κ1) is 12.1. The van der Waals surface area contributed by atoms with Crippen molar-refractivity contribution in [3.63, 3.8) is 0 Å². The molecule has 2 rings (SSSR count). The lowest BCUT2D eigenvalue weighted by atomic mass is 10.1. The van der Waals surface area contributed by atoms with Crippen molar-refractivity contribution in [3.05, 3.63) is 34.3 Å². The van der Waals surface area contributed by atoms with Crippen molar-refractivity contribution in [2.45, 2.75) is 37.8 Å². The van der Waals surface area contributed by atoms with Crippen LogP contribution in [0.3, 0.4) is 0 Å². The average Bonchev–Trinajstić information content (AvgIpc) is 2.68. The highest BCUT2D eigenvalue weighted by molar-refractivity contribution is 9.10. The van der Waals surface area contributed by atoms with Gasteiger partial charge in [-0.05, 0) is 43.5 Å². The molecular weight excluding hydrogens is 264 g/mol. The zero-order valence-corrected chi connectivity index (χ0v) is 11.0. The summed E-state index contributed by atoms with van der Waals surface area (Å²) >= 11 is 3.44. The van der Waals surface area contributed by atoms with Crippen LogP contribution >= 0.6 is 15.9 Å². The van der Waals surface area contributed by atoms with Gasteiger partial charge in [0.2, 0.25) is 0 Å². The first-order chi connectivity index (χ1) is 7.75. The number of hydrogen-bond donors (Lipinski definition) is 2. The summed E-state index contributed by atoms with van der Waals surface area (Å²) in [4.78, 5) is 0. The zero-order chi connectivity index (χ0) is 11.4. The first-order valence-electron chi connectivity index (χ1n) is 5.99. The summed E-state index contributed by atoms with van der Waals surface area (Å²) in [6.45, 7) is 1.03. The number of nitrogens with one attached hydrogen (secondary N) is 1. The van der Waals surface area contributed by atoms with Crippen LogP contribution in [0.15, 0.2) is 28.7 Å². The Morgan fingerprint density at radius 2 is 2.00 bits per heavy atom. The zero-order valence-electron chi connectivity index (χ0n) is 9.45. The molecule has 1 fully saturated rings. The van der Waals surface area contributed by atoms with Gasteiger partial charge in [-0.15, -0.1) is 0 Å². The number of nitrogens with two attached hydrogens (primary N) is 1. The van der Waals surface area contributed by atoms with Crippen LogP contribution in [0.25, 0.3) is 0 Å². The fourth-order valence-corrected chi connectivity index (χ4v) is 2.56. The van der Waals surface area contributed by atoms with Gasteiger partial charge in [-0.1, -0.05) is 34.5 Å². The third-order valence-electron chi connectivity index (χ3n) is 3.30. The van der Waals surface area contributed by atoms with E-state index in [1.807, 2.05) is 0 Å². The quantitative estimate of drug-likeness (QED) is 0.891. The Balaban J connectivity index is 1.73. The van der Waals surface area contributed by atoms with Gasteiger partial charge in [0, 0.05) is 16.6 Å². The minimum Gasteiger partial charge on any atom is -0.326 e. The monoisotopic (exact) mass is 282 g/mol. The van der Waals surface area contributed by atoms with Crippen molar-refractivity contribution in [2.24, 2.45) is 5.73 Å². The second kappa shape index (κ2) is 5.80. The summed E-state index contributed by atoms with van der Waals surface area (Å²) < 4.78 is 1.14. The predicted molar refractivity (Wildman–Crippen MR) is 71.5 cm³/mol. The molecule has 0 heterocycles. The maximum atomic E-state index is 6.01. The molecule has 0 radical (unpaired) electrons. The maximum absolute atomic E-state index is 6.01. The first-order valence-corrected chi connectivity index (χ1v) is 6.78. The van der Waals surface area contributed by atoms with Crippen LogP contribution in [-0.4, -0.2) is 18.6 Å². The minimum atomic E-state index is 0.366. The molecule has 1 saturated carbocycles. The molecule has 2 unspecified atom stereocenters. The lowest BCUT2D eigenvalue weighted by Gasteiger charge is -2.17. The SMILES string of the molecule is NC1CCCC1NCCc1ccc(Br)cc1. The van der Waals surface area contributed by atoms with E-state index in [-0.39, 0.29) is 0 Å². The van der Waals surface area contributed by atoms with Crippen LogP contribution in [0.1, 0.15) is 24.8 Å². The molecular formula is C13H19BrN2. The molecule has 1 aliphatic carbocycles. The van der Waals surface area contributed by atoms with Gasteiger partial charge in [0.15, 0.2) is 0 Å². The number of hydrogen-bond acceptors (Lipinski definition) is 2. The lowest BCUT2D eigenvalue weighted by Crippen LogP contribution is -2.41. The second-order valence-electron chi connectivity index (χ2n) is 4.53. The van der Waals surface area contributed by atoms with Gasteiger partial charge >= 0.3 is 0 Å². The lowest BCUT2D eigenvalue weighted by molar-refractivity contribution is 0.479. The molecule has 88 valence electrons. The van der Waals surface area contributed by atoms with E-state index < -0.39 is 0 Å². The average molecular weight is 283 g/mol. The van der Waals surface area contributed by atoms with Crippen molar-refractivity contribution >= 4 is 15.9 Å². The van der Waals surface area contributed by atoms with Crippen LogP contribution in [0.4, 0.5) is 0 Å². The summed E-state index contributed by atoms with van der Waals surface area (Å²) in [5.74, 6) is 0. The van der Waals surface area contributed by atoms with E-state index >= 15 is 0 Å². The molecule has 3 N–H and O–H groups in total. The van der Waals surface area contributed by atoms with E-state index in [0.717, 1.165) is 17.4 Å². The van der Waals surface area contributed by atoms with Gasteiger partial charge in [-0.25, -0.2) is 0 Å². The van der Waals surface area contributed by atoms with Crippen molar-refractivity contribution in [2.75, 3.05) is 6.54 Å². The molecule has 2 nitrogen and oxygen atoms in total. The molecule has 0 saturated heterocycles. The Bertz CT molecular complexity index is 323. The largest absolute Gasteiger partial charge is 0.326 e. The van der Waals surface area contributed by atoms with Crippen molar-refractivity contribution < 1.29 is 0 Å². The predicted octanol–water partition coefficient (Wildman–Crippen LogP) is 2.46. The third-order valence-corrected chi connectivity index (χ3v) is 3.83. The van der Waals surface area contributed by atoms with Gasteiger partial charge in [0.1, 0.15) is 0 Å². The second-order valence-corrected chi connectivity index (χ2v) is 5.45. The van der Waals surface area contributed by atoms with Crippen molar-refractivity contribution in [3.8, 4) is 0 Å². The summed E-state index contributed by atoms with van der Waals surface area (Å²) in [7, 11) is 0. The van der Waals surface area contributed by atoms with Crippen LogP contribution in [0.2, 0.25) is 0 Å². The third kappa shape index (κ3) is 3.30. The van der Waals surface area contributed by atoms with E-state index in [1.165, 1.54) is 24.8 Å². The van der Waals surface area contributed by atoms with Gasteiger partial charge < -0.3 is 11.1 Å². The molecule has 2 atom stereocenters. The Morgan fingerprint density at radius 1 is 1.25 bits per heavy atom. The molecule has 1 aromatic carbocycles. The molecule has 16 heavy (non-hydrogen) atoms. The number of benzene rings is 1. The smallest absolute Gasteiger partial charge is 0.0219 e. The molecule has 0 bridgehead atoms. The molecule has 3 heteroatoms. The summed E-state index contributed by atoms with van der Waals surface area (Å²) in [5, 5.41) is 3.56. The Hall–Kier alpha value is -0.380. The van der Waals surface area contributed by atoms with Gasteiger partial charge in [0.25, 0.3) is 0 Å². The van der Waals surface area contributed by atoms with E-state index in [2.05, 4.69) is 45.5 Å². The molecule has 0 spiro atoms. The van der Waals surface area contributed by atoms with Crippen LogP contribution in [-0.2, 0) is 6.42 Å². The molecule has 1 aliphatic rings. The summed E-state index contributed by atoms with van der Waals surface area (Å²) in [6.07, 6.45) is 4.77. The molecule has 0 amide bonds. The maximum Gasteiger partial charge on any atom is 0.0219 e. The number of rotatable bonds is 4. The van der Waals surface area contributed by atoms with E-state index in [9.17, 15) is 0 Å².